The van der Waals surface area contributed by atoms with Gasteiger partial charge in [-0.25, -0.2) is 0 Å². The molecule has 1 amide bonds. The maximum absolute atomic E-state index is 11.4. The van der Waals surface area contributed by atoms with E-state index in [1.54, 1.807) is 0 Å². The number of nitrogens with one attached hydrogen (secondary N) is 1. The van der Waals surface area contributed by atoms with Gasteiger partial charge < -0.3 is 10.4 Å². The monoisotopic (exact) mass is 359 g/mol. The Morgan fingerprint density at radius 2 is 1.52 bits per heavy atom. The van der Waals surface area contributed by atoms with Crippen LogP contribution in [0.25, 0.3) is 0 Å². The van der Waals surface area contributed by atoms with Gasteiger partial charge in [0, 0.05) is 6.54 Å². The van der Waals surface area contributed by atoms with Crippen LogP contribution in [0.1, 0.15) is 58.2 Å². The molecule has 0 aliphatic carbocycles. The van der Waals surface area contributed by atoms with Crippen molar-refractivity contribution in [3.05, 3.63) is 28.8 Å². The van der Waals surface area contributed by atoms with Crippen LogP contribution in [0.4, 0.5) is 0 Å². The number of carbonyl (C=O) groups is 1. The van der Waals surface area contributed by atoms with Crippen LogP contribution in [0, 0.1) is 0 Å². The van der Waals surface area contributed by atoms with Crippen molar-refractivity contribution in [2.24, 2.45) is 0 Å². The molecule has 0 spiro atoms. The highest BCUT2D eigenvalue weighted by atomic mass is 35.5. The van der Waals surface area contributed by atoms with Gasteiger partial charge in [0.1, 0.15) is 5.75 Å². The first-order chi connectivity index (χ1) is 10.3. The lowest BCUT2D eigenvalue weighted by molar-refractivity contribution is -0.119. The fraction of sp³-hybridized carbons (Fsp3) is 0.611. The number of aromatic hydroxyl groups is 1. The quantitative estimate of drug-likeness (QED) is 0.780. The summed E-state index contributed by atoms with van der Waals surface area (Å²) in [6, 6.07) is 4.02. The number of phenolic OH excluding ortho intramolecular Hbond substituents is 1. The molecular weight excluding hydrogens is 333 g/mol. The maximum Gasteiger partial charge on any atom is 0.253 e. The third-order valence-corrected chi connectivity index (χ3v) is 4.09. The van der Waals surface area contributed by atoms with Gasteiger partial charge in [0.15, 0.2) is 4.84 Å². The van der Waals surface area contributed by atoms with Crippen molar-refractivity contribution >= 4 is 29.1 Å². The molecule has 1 aromatic rings. The van der Waals surface area contributed by atoms with E-state index in [1.165, 1.54) is 0 Å². The SMILES string of the molecule is CC(C)(C)c1cc(CCNC(=O)C(Cl)Cl)cc(C(C)(C)C)c1O. The molecule has 0 radical (unpaired) electrons. The molecule has 130 valence electrons. The van der Waals surface area contributed by atoms with Gasteiger partial charge >= 0.3 is 0 Å². The van der Waals surface area contributed by atoms with Crippen molar-refractivity contribution in [1.82, 2.24) is 5.32 Å². The molecule has 0 saturated heterocycles. The maximum atomic E-state index is 11.4. The van der Waals surface area contributed by atoms with E-state index in [-0.39, 0.29) is 16.7 Å². The van der Waals surface area contributed by atoms with E-state index >= 15 is 0 Å². The third-order valence-electron chi connectivity index (χ3n) is 3.70. The van der Waals surface area contributed by atoms with Crippen LogP contribution in [0.2, 0.25) is 0 Å². The molecule has 0 aliphatic rings. The van der Waals surface area contributed by atoms with Gasteiger partial charge in [0.25, 0.3) is 5.91 Å². The minimum atomic E-state index is -1.05. The van der Waals surface area contributed by atoms with E-state index in [9.17, 15) is 9.90 Å². The van der Waals surface area contributed by atoms with Crippen LogP contribution in [-0.2, 0) is 22.0 Å². The molecule has 0 heterocycles. The second kappa shape index (κ2) is 7.31. The van der Waals surface area contributed by atoms with Crippen LogP contribution >= 0.6 is 23.2 Å². The van der Waals surface area contributed by atoms with Crippen LogP contribution in [0.3, 0.4) is 0 Å². The molecule has 0 atom stereocenters. The van der Waals surface area contributed by atoms with Crippen LogP contribution in [0.15, 0.2) is 12.1 Å². The fourth-order valence-corrected chi connectivity index (χ4v) is 2.54. The topological polar surface area (TPSA) is 49.3 Å². The molecule has 2 N–H and O–H groups in total. The van der Waals surface area contributed by atoms with Gasteiger partial charge in [-0.2, -0.15) is 0 Å². The number of hydrogen-bond acceptors (Lipinski definition) is 2. The number of alkyl halides is 2. The Morgan fingerprint density at radius 1 is 1.09 bits per heavy atom. The predicted molar refractivity (Wildman–Crippen MR) is 97.7 cm³/mol. The zero-order valence-corrected chi connectivity index (χ0v) is 16.3. The molecule has 0 aromatic heterocycles. The number of carbonyl (C=O) groups excluding carboxylic acids is 1. The Hall–Kier alpha value is -0.930. The summed E-state index contributed by atoms with van der Waals surface area (Å²) in [5.74, 6) is -0.0291. The van der Waals surface area contributed by atoms with Gasteiger partial charge in [-0.15, -0.1) is 0 Å². The minimum Gasteiger partial charge on any atom is -0.507 e. The summed E-state index contributed by atoms with van der Waals surface area (Å²) in [5.41, 5.74) is 2.57. The predicted octanol–water partition coefficient (Wildman–Crippen LogP) is 4.45. The molecule has 5 heteroatoms. The summed E-state index contributed by atoms with van der Waals surface area (Å²) in [6.07, 6.45) is 0.651. The van der Waals surface area contributed by atoms with E-state index in [4.69, 9.17) is 23.2 Å². The zero-order valence-electron chi connectivity index (χ0n) is 14.8. The van der Waals surface area contributed by atoms with Gasteiger partial charge in [-0.1, -0.05) is 76.9 Å². The van der Waals surface area contributed by atoms with E-state index in [1.807, 2.05) is 12.1 Å². The van der Waals surface area contributed by atoms with Crippen LogP contribution in [-0.4, -0.2) is 22.4 Å². The van der Waals surface area contributed by atoms with Gasteiger partial charge in [0.2, 0.25) is 0 Å². The second-order valence-electron chi connectivity index (χ2n) is 7.88. The molecule has 3 nitrogen and oxygen atoms in total. The first-order valence-electron chi connectivity index (χ1n) is 7.76. The Morgan fingerprint density at radius 3 is 1.87 bits per heavy atom. The molecule has 1 aromatic carbocycles. The summed E-state index contributed by atoms with van der Waals surface area (Å²) in [4.78, 5) is 10.4. The number of amides is 1. The number of benzene rings is 1. The van der Waals surface area contributed by atoms with Crippen LogP contribution in [0.5, 0.6) is 5.75 Å². The third kappa shape index (κ3) is 5.58. The summed E-state index contributed by atoms with van der Waals surface area (Å²) >= 11 is 11.0. The summed E-state index contributed by atoms with van der Waals surface area (Å²) in [5, 5.41) is 13.4. The second-order valence-corrected chi connectivity index (χ2v) is 8.98. The molecule has 0 aliphatic heterocycles. The standard InChI is InChI=1S/C18H27Cl2NO2/c1-17(2,3)12-9-11(7-8-21-16(23)15(19)20)10-13(14(12)22)18(4,5)6/h9-10,15,22H,7-8H2,1-6H3,(H,21,23). The normalized spacial score (nSPS) is 12.6. The molecule has 0 saturated carbocycles. The van der Waals surface area contributed by atoms with Crippen molar-refractivity contribution in [2.45, 2.75) is 63.6 Å². The summed E-state index contributed by atoms with van der Waals surface area (Å²) in [7, 11) is 0. The largest absolute Gasteiger partial charge is 0.507 e. The molecule has 23 heavy (non-hydrogen) atoms. The van der Waals surface area contributed by atoms with Gasteiger partial charge in [-0.05, 0) is 33.9 Å². The number of hydrogen-bond donors (Lipinski definition) is 2. The highest BCUT2D eigenvalue weighted by Crippen LogP contribution is 2.39. The van der Waals surface area contributed by atoms with Crippen molar-refractivity contribution in [1.29, 1.82) is 0 Å². The molecular formula is C18H27Cl2NO2. The molecule has 0 unspecified atom stereocenters. The number of halogens is 2. The van der Waals surface area contributed by atoms with E-state index in [2.05, 4.69) is 46.9 Å². The smallest absolute Gasteiger partial charge is 0.253 e. The highest BCUT2D eigenvalue weighted by Gasteiger charge is 2.26. The lowest BCUT2D eigenvalue weighted by Crippen LogP contribution is -2.30. The van der Waals surface area contributed by atoms with Crippen molar-refractivity contribution < 1.29 is 9.90 Å². The Balaban J connectivity index is 3.11. The first-order valence-corrected chi connectivity index (χ1v) is 8.64. The Kier molecular flexibility index (Phi) is 6.39. The Labute approximate surface area is 149 Å². The van der Waals surface area contributed by atoms with Gasteiger partial charge in [-0.3, -0.25) is 4.79 Å². The minimum absolute atomic E-state index is 0.166. The van der Waals surface area contributed by atoms with Crippen molar-refractivity contribution in [3.63, 3.8) is 0 Å². The average molecular weight is 360 g/mol. The average Bonchev–Trinajstić information content (AvgIpc) is 2.37. The summed E-state index contributed by atoms with van der Waals surface area (Å²) in [6.45, 7) is 12.9. The van der Waals surface area contributed by atoms with Crippen LogP contribution < -0.4 is 5.32 Å². The molecule has 0 fully saturated rings. The van der Waals surface area contributed by atoms with E-state index < -0.39 is 4.84 Å². The summed E-state index contributed by atoms with van der Waals surface area (Å²) < 4.78 is 0. The first kappa shape index (κ1) is 20.1. The van der Waals surface area contributed by atoms with Crippen molar-refractivity contribution in [2.75, 3.05) is 6.54 Å². The molecule has 1 rings (SSSR count). The number of rotatable bonds is 4. The van der Waals surface area contributed by atoms with E-state index in [0.717, 1.165) is 16.7 Å². The fourth-order valence-electron chi connectivity index (χ4n) is 2.39. The lowest BCUT2D eigenvalue weighted by Gasteiger charge is -2.28. The molecule has 0 bridgehead atoms. The van der Waals surface area contributed by atoms with Gasteiger partial charge in [0.05, 0.1) is 0 Å². The highest BCUT2D eigenvalue weighted by molar-refractivity contribution is 6.53. The lowest BCUT2D eigenvalue weighted by atomic mass is 9.78. The van der Waals surface area contributed by atoms with E-state index in [0.29, 0.717) is 18.7 Å². The van der Waals surface area contributed by atoms with Crippen molar-refractivity contribution in [3.8, 4) is 5.75 Å². The number of phenols is 1. The Bertz CT molecular complexity index is 534. The zero-order chi connectivity index (χ0) is 18.0.